The molecule has 0 aliphatic heterocycles. The summed E-state index contributed by atoms with van der Waals surface area (Å²) in [7, 11) is 0. The summed E-state index contributed by atoms with van der Waals surface area (Å²) in [5, 5.41) is 11.4. The van der Waals surface area contributed by atoms with E-state index in [9.17, 15) is 5.11 Å². The van der Waals surface area contributed by atoms with Crippen LogP contribution in [0.2, 0.25) is 5.02 Å². The van der Waals surface area contributed by atoms with Crippen LogP contribution in [0.4, 0.5) is 0 Å². The van der Waals surface area contributed by atoms with E-state index in [4.69, 9.17) is 23.2 Å². The highest BCUT2D eigenvalue weighted by atomic mass is 35.5. The molecule has 0 spiro atoms. The van der Waals surface area contributed by atoms with Crippen molar-refractivity contribution in [2.45, 2.75) is 18.9 Å². The zero-order valence-corrected chi connectivity index (χ0v) is 10.2. The average molecular weight is 255 g/mol. The Hall–Kier alpha value is -0.760. The molecule has 1 aliphatic carbocycles. The van der Waals surface area contributed by atoms with Gasteiger partial charge in [-0.05, 0) is 30.6 Å². The number of allylic oxidation sites excluding steroid dienone is 3. The molecular weight excluding hydrogens is 243 g/mol. The molecule has 0 aromatic heterocycles. The maximum Gasteiger partial charge on any atom is 0.103 e. The van der Waals surface area contributed by atoms with Gasteiger partial charge in [-0.1, -0.05) is 47.5 Å². The van der Waals surface area contributed by atoms with Gasteiger partial charge < -0.3 is 5.11 Å². The number of rotatable bonds is 2. The van der Waals surface area contributed by atoms with Gasteiger partial charge in [-0.25, -0.2) is 0 Å². The van der Waals surface area contributed by atoms with Gasteiger partial charge in [0.1, 0.15) is 6.10 Å². The first-order valence-electron chi connectivity index (χ1n) is 5.17. The van der Waals surface area contributed by atoms with Gasteiger partial charge in [-0.2, -0.15) is 0 Å². The fourth-order valence-electron chi connectivity index (χ4n) is 1.80. The van der Waals surface area contributed by atoms with E-state index in [1.54, 1.807) is 6.07 Å². The number of benzene rings is 1. The molecule has 1 aliphatic rings. The summed E-state index contributed by atoms with van der Waals surface area (Å²) in [5.74, 6) is 0. The lowest BCUT2D eigenvalue weighted by molar-refractivity contribution is 0.210. The maximum atomic E-state index is 10.2. The average Bonchev–Trinajstić information content (AvgIpc) is 2.29. The Kier molecular flexibility index (Phi) is 3.70. The third kappa shape index (κ3) is 2.32. The SMILES string of the molecule is OC(C1=C(Cl)C=CCC1)c1ccccc1Cl. The number of hydrogen-bond donors (Lipinski definition) is 1. The molecule has 84 valence electrons. The van der Waals surface area contributed by atoms with Crippen LogP contribution in [0.3, 0.4) is 0 Å². The molecule has 1 aromatic carbocycles. The van der Waals surface area contributed by atoms with Crippen molar-refractivity contribution in [1.82, 2.24) is 0 Å². The highest BCUT2D eigenvalue weighted by Crippen LogP contribution is 2.35. The molecule has 0 amide bonds. The van der Waals surface area contributed by atoms with Crippen LogP contribution in [0.1, 0.15) is 24.5 Å². The second-order valence-corrected chi connectivity index (χ2v) is 4.55. The van der Waals surface area contributed by atoms with Crippen LogP contribution in [0, 0.1) is 0 Å². The molecule has 0 saturated carbocycles. The minimum absolute atomic E-state index is 0.571. The Morgan fingerprint density at radius 1 is 1.19 bits per heavy atom. The van der Waals surface area contributed by atoms with Gasteiger partial charge in [0.05, 0.1) is 0 Å². The van der Waals surface area contributed by atoms with Gasteiger partial charge in [0.25, 0.3) is 0 Å². The molecule has 16 heavy (non-hydrogen) atoms. The van der Waals surface area contributed by atoms with E-state index in [0.717, 1.165) is 18.4 Å². The summed E-state index contributed by atoms with van der Waals surface area (Å²) in [5.41, 5.74) is 1.56. The van der Waals surface area contributed by atoms with Gasteiger partial charge in [-0.15, -0.1) is 0 Å². The van der Waals surface area contributed by atoms with Crippen LogP contribution in [0.5, 0.6) is 0 Å². The highest BCUT2D eigenvalue weighted by molar-refractivity contribution is 6.32. The number of halogens is 2. The zero-order valence-electron chi connectivity index (χ0n) is 8.66. The predicted molar refractivity (Wildman–Crippen MR) is 67.7 cm³/mol. The van der Waals surface area contributed by atoms with Gasteiger partial charge in [-0.3, -0.25) is 0 Å². The smallest absolute Gasteiger partial charge is 0.103 e. The lowest BCUT2D eigenvalue weighted by Crippen LogP contribution is -2.05. The normalized spacial score (nSPS) is 17.7. The van der Waals surface area contributed by atoms with Crippen LogP contribution < -0.4 is 0 Å². The quantitative estimate of drug-likeness (QED) is 0.838. The lowest BCUT2D eigenvalue weighted by Gasteiger charge is -2.19. The molecule has 3 heteroatoms. The van der Waals surface area contributed by atoms with Crippen LogP contribution in [0.25, 0.3) is 0 Å². The van der Waals surface area contributed by atoms with Crippen LogP contribution in [-0.4, -0.2) is 5.11 Å². The molecule has 0 radical (unpaired) electrons. The second kappa shape index (κ2) is 5.05. The molecule has 0 bridgehead atoms. The Morgan fingerprint density at radius 3 is 2.62 bits per heavy atom. The van der Waals surface area contributed by atoms with Gasteiger partial charge in [0.15, 0.2) is 0 Å². The Labute approximate surface area is 105 Å². The standard InChI is InChI=1S/C13H12Cl2O/c14-11-7-3-1-5-9(11)13(16)10-6-2-4-8-12(10)15/h1,3-5,7-8,13,16H,2,6H2. The first-order chi connectivity index (χ1) is 7.70. The predicted octanol–water partition coefficient (Wildman–Crippen LogP) is 4.22. The molecule has 1 nitrogen and oxygen atoms in total. The fourth-order valence-corrected chi connectivity index (χ4v) is 2.33. The van der Waals surface area contributed by atoms with Gasteiger partial charge in [0.2, 0.25) is 0 Å². The number of aliphatic hydroxyl groups is 1. The third-order valence-electron chi connectivity index (χ3n) is 2.68. The summed E-state index contributed by atoms with van der Waals surface area (Å²) >= 11 is 12.1. The summed E-state index contributed by atoms with van der Waals surface area (Å²) in [6.07, 6.45) is 4.83. The topological polar surface area (TPSA) is 20.2 Å². The maximum absolute atomic E-state index is 10.2. The number of hydrogen-bond acceptors (Lipinski definition) is 1. The molecule has 2 rings (SSSR count). The Balaban J connectivity index is 2.36. The third-order valence-corrected chi connectivity index (χ3v) is 3.39. The largest absolute Gasteiger partial charge is 0.384 e. The molecule has 0 fully saturated rings. The first-order valence-corrected chi connectivity index (χ1v) is 5.93. The molecule has 0 saturated heterocycles. The molecule has 0 heterocycles. The van der Waals surface area contributed by atoms with E-state index in [1.807, 2.05) is 30.4 Å². The molecule has 1 atom stereocenters. The van der Waals surface area contributed by atoms with Crippen molar-refractivity contribution in [3.05, 3.63) is 57.6 Å². The number of aliphatic hydroxyl groups excluding tert-OH is 1. The molecule has 1 aromatic rings. The van der Waals surface area contributed by atoms with Gasteiger partial charge >= 0.3 is 0 Å². The van der Waals surface area contributed by atoms with Crippen molar-refractivity contribution in [3.63, 3.8) is 0 Å². The van der Waals surface area contributed by atoms with Crippen molar-refractivity contribution >= 4 is 23.2 Å². The summed E-state index contributed by atoms with van der Waals surface area (Å²) < 4.78 is 0. The summed E-state index contributed by atoms with van der Waals surface area (Å²) in [4.78, 5) is 0. The Morgan fingerprint density at radius 2 is 1.94 bits per heavy atom. The molecule has 1 N–H and O–H groups in total. The van der Waals surface area contributed by atoms with Crippen molar-refractivity contribution in [2.75, 3.05) is 0 Å². The molecule has 1 unspecified atom stereocenters. The van der Waals surface area contributed by atoms with Crippen molar-refractivity contribution in [3.8, 4) is 0 Å². The monoisotopic (exact) mass is 254 g/mol. The van der Waals surface area contributed by atoms with Crippen molar-refractivity contribution < 1.29 is 5.11 Å². The first kappa shape index (κ1) is 11.7. The fraction of sp³-hybridized carbons (Fsp3) is 0.231. The Bertz CT molecular complexity index is 449. The summed E-state index contributed by atoms with van der Waals surface area (Å²) in [6.45, 7) is 0. The van der Waals surface area contributed by atoms with Crippen molar-refractivity contribution in [2.24, 2.45) is 0 Å². The van der Waals surface area contributed by atoms with E-state index in [1.165, 1.54) is 0 Å². The van der Waals surface area contributed by atoms with E-state index in [-0.39, 0.29) is 0 Å². The van der Waals surface area contributed by atoms with E-state index >= 15 is 0 Å². The lowest BCUT2D eigenvalue weighted by atomic mass is 9.94. The second-order valence-electron chi connectivity index (χ2n) is 3.74. The molecular formula is C13H12Cl2O. The van der Waals surface area contributed by atoms with E-state index in [2.05, 4.69) is 0 Å². The van der Waals surface area contributed by atoms with E-state index < -0.39 is 6.10 Å². The zero-order chi connectivity index (χ0) is 11.5. The van der Waals surface area contributed by atoms with Crippen LogP contribution in [0.15, 0.2) is 47.0 Å². The van der Waals surface area contributed by atoms with Crippen LogP contribution >= 0.6 is 23.2 Å². The minimum Gasteiger partial charge on any atom is -0.384 e. The highest BCUT2D eigenvalue weighted by Gasteiger charge is 2.19. The van der Waals surface area contributed by atoms with E-state index in [0.29, 0.717) is 15.6 Å². The van der Waals surface area contributed by atoms with Gasteiger partial charge in [0, 0.05) is 15.6 Å². The van der Waals surface area contributed by atoms with Crippen LogP contribution in [-0.2, 0) is 0 Å². The summed E-state index contributed by atoms with van der Waals surface area (Å²) in [6, 6.07) is 7.29. The minimum atomic E-state index is -0.703. The van der Waals surface area contributed by atoms with Crippen molar-refractivity contribution in [1.29, 1.82) is 0 Å².